The van der Waals surface area contributed by atoms with Gasteiger partial charge in [0.15, 0.2) is 0 Å². The molecule has 1 N–H and O–H groups in total. The van der Waals surface area contributed by atoms with Gasteiger partial charge in [-0.15, -0.1) is 0 Å². The maximum Gasteiger partial charge on any atom is 0.147 e. The minimum absolute atomic E-state index is 0.249. The van der Waals surface area contributed by atoms with E-state index < -0.39 is 0 Å². The van der Waals surface area contributed by atoms with Crippen molar-refractivity contribution in [3.05, 3.63) is 54.6 Å². The lowest BCUT2D eigenvalue weighted by molar-refractivity contribution is 0.589. The molecule has 1 saturated heterocycles. The van der Waals surface area contributed by atoms with Crippen molar-refractivity contribution in [3.8, 4) is 11.4 Å². The van der Waals surface area contributed by atoms with Gasteiger partial charge in [0.25, 0.3) is 0 Å². The zero-order chi connectivity index (χ0) is 14.9. The van der Waals surface area contributed by atoms with Crippen molar-refractivity contribution in [1.29, 1.82) is 0 Å². The van der Waals surface area contributed by atoms with Crippen LogP contribution < -0.4 is 10.2 Å². The average molecular weight is 296 g/mol. The third-order valence-electron chi connectivity index (χ3n) is 4.11. The number of anilines is 1. The summed E-state index contributed by atoms with van der Waals surface area (Å²) in [7, 11) is 0. The van der Waals surface area contributed by atoms with Crippen LogP contribution in [-0.2, 0) is 0 Å². The first-order chi connectivity index (χ1) is 10.8. The molecule has 0 bridgehead atoms. The van der Waals surface area contributed by atoms with Gasteiger partial charge in [-0.2, -0.15) is 0 Å². The highest BCUT2D eigenvalue weighted by Crippen LogP contribution is 2.25. The molecular weight excluding hydrogens is 279 g/mol. The summed E-state index contributed by atoms with van der Waals surface area (Å²) >= 11 is 0. The first-order valence-electron chi connectivity index (χ1n) is 7.50. The van der Waals surface area contributed by atoms with Crippen LogP contribution in [0.1, 0.15) is 0 Å². The Morgan fingerprint density at radius 1 is 1.09 bits per heavy atom. The molecule has 22 heavy (non-hydrogen) atoms. The van der Waals surface area contributed by atoms with E-state index in [1.807, 2.05) is 16.7 Å². The van der Waals surface area contributed by atoms with Gasteiger partial charge in [0.1, 0.15) is 11.6 Å². The number of pyridine rings is 1. The highest BCUT2D eigenvalue weighted by atomic mass is 19.1. The Labute approximate surface area is 128 Å². The van der Waals surface area contributed by atoms with E-state index in [0.29, 0.717) is 11.4 Å². The number of aromatic nitrogens is 2. The maximum absolute atomic E-state index is 14.0. The molecule has 2 aromatic heterocycles. The first kappa shape index (κ1) is 13.3. The van der Waals surface area contributed by atoms with Crippen LogP contribution in [0.3, 0.4) is 0 Å². The van der Waals surface area contributed by atoms with Gasteiger partial charge in [0.2, 0.25) is 0 Å². The summed E-state index contributed by atoms with van der Waals surface area (Å²) in [4.78, 5) is 6.76. The second kappa shape index (κ2) is 5.42. The maximum atomic E-state index is 14.0. The van der Waals surface area contributed by atoms with Crippen molar-refractivity contribution in [2.24, 2.45) is 0 Å². The highest BCUT2D eigenvalue weighted by molar-refractivity contribution is 5.66. The van der Waals surface area contributed by atoms with Crippen molar-refractivity contribution in [3.63, 3.8) is 0 Å². The number of benzene rings is 1. The van der Waals surface area contributed by atoms with Gasteiger partial charge < -0.3 is 10.2 Å². The van der Waals surface area contributed by atoms with E-state index >= 15 is 0 Å². The normalized spacial score (nSPS) is 15.4. The zero-order valence-electron chi connectivity index (χ0n) is 12.2. The molecule has 0 aliphatic carbocycles. The SMILES string of the molecule is Fc1ccccc1-c1ncc2cc(N3CCNCC3)ccn12. The van der Waals surface area contributed by atoms with Crippen molar-refractivity contribution in [2.45, 2.75) is 0 Å². The van der Waals surface area contributed by atoms with Crippen LogP contribution in [0.25, 0.3) is 16.9 Å². The monoisotopic (exact) mass is 296 g/mol. The minimum Gasteiger partial charge on any atom is -0.369 e. The lowest BCUT2D eigenvalue weighted by atomic mass is 10.2. The lowest BCUT2D eigenvalue weighted by Gasteiger charge is -2.29. The number of hydrogen-bond acceptors (Lipinski definition) is 3. The van der Waals surface area contributed by atoms with Gasteiger partial charge in [0, 0.05) is 38.1 Å². The largest absolute Gasteiger partial charge is 0.369 e. The number of fused-ring (bicyclic) bond motifs is 1. The summed E-state index contributed by atoms with van der Waals surface area (Å²) in [6, 6.07) is 10.9. The molecule has 4 rings (SSSR count). The van der Waals surface area contributed by atoms with Gasteiger partial charge in [-0.05, 0) is 24.3 Å². The summed E-state index contributed by atoms with van der Waals surface area (Å²) in [5.41, 5.74) is 2.70. The number of hydrogen-bond donors (Lipinski definition) is 1. The second-order valence-corrected chi connectivity index (χ2v) is 5.48. The molecule has 1 fully saturated rings. The van der Waals surface area contributed by atoms with Gasteiger partial charge in [-0.3, -0.25) is 4.40 Å². The van der Waals surface area contributed by atoms with Gasteiger partial charge in [-0.25, -0.2) is 9.37 Å². The molecule has 0 amide bonds. The smallest absolute Gasteiger partial charge is 0.147 e. The summed E-state index contributed by atoms with van der Waals surface area (Å²) < 4.78 is 15.9. The minimum atomic E-state index is -0.249. The fourth-order valence-electron chi connectivity index (χ4n) is 2.95. The Bertz CT molecular complexity index is 805. The molecule has 0 unspecified atom stereocenters. The number of piperazine rings is 1. The Balaban J connectivity index is 1.76. The Kier molecular flexibility index (Phi) is 3.27. The average Bonchev–Trinajstić information content (AvgIpc) is 2.99. The predicted octanol–water partition coefficient (Wildman–Crippen LogP) is 2.55. The molecule has 4 nitrogen and oxygen atoms in total. The number of nitrogens with one attached hydrogen (secondary N) is 1. The molecule has 5 heteroatoms. The fraction of sp³-hybridized carbons (Fsp3) is 0.235. The van der Waals surface area contributed by atoms with Crippen LogP contribution >= 0.6 is 0 Å². The van der Waals surface area contributed by atoms with Gasteiger partial charge in [0.05, 0.1) is 17.3 Å². The quantitative estimate of drug-likeness (QED) is 0.789. The molecule has 0 spiro atoms. The van der Waals surface area contributed by atoms with E-state index in [2.05, 4.69) is 27.3 Å². The Morgan fingerprint density at radius 2 is 1.91 bits per heavy atom. The van der Waals surface area contributed by atoms with E-state index in [-0.39, 0.29) is 5.82 Å². The molecule has 1 aliphatic heterocycles. The Hall–Kier alpha value is -2.40. The summed E-state index contributed by atoms with van der Waals surface area (Å²) in [5, 5.41) is 3.35. The van der Waals surface area contributed by atoms with Crippen LogP contribution in [0.4, 0.5) is 10.1 Å². The number of halogens is 1. The fourth-order valence-corrected chi connectivity index (χ4v) is 2.95. The topological polar surface area (TPSA) is 32.6 Å². The number of imidazole rings is 1. The van der Waals surface area contributed by atoms with Crippen LogP contribution in [0.15, 0.2) is 48.8 Å². The number of nitrogens with zero attached hydrogens (tertiary/aromatic N) is 3. The van der Waals surface area contributed by atoms with Crippen LogP contribution in [-0.4, -0.2) is 35.6 Å². The molecule has 3 aromatic rings. The molecule has 0 radical (unpaired) electrons. The second-order valence-electron chi connectivity index (χ2n) is 5.48. The summed E-state index contributed by atoms with van der Waals surface area (Å²) in [6.45, 7) is 4.02. The molecule has 1 aromatic carbocycles. The van der Waals surface area contributed by atoms with Crippen molar-refractivity contribution >= 4 is 11.2 Å². The molecule has 1 aliphatic rings. The summed E-state index contributed by atoms with van der Waals surface area (Å²) in [6.07, 6.45) is 3.77. The first-order valence-corrected chi connectivity index (χ1v) is 7.50. The lowest BCUT2D eigenvalue weighted by Crippen LogP contribution is -2.43. The summed E-state index contributed by atoms with van der Waals surface area (Å²) in [5.74, 6) is 0.390. The molecule has 0 saturated carbocycles. The standard InChI is InChI=1S/C17H17FN4/c18-16-4-2-1-3-15(16)17-20-12-14-11-13(5-8-22(14)17)21-9-6-19-7-10-21/h1-5,8,11-12,19H,6-7,9-10H2. The van der Waals surface area contributed by atoms with Crippen LogP contribution in [0, 0.1) is 5.82 Å². The van der Waals surface area contributed by atoms with Gasteiger partial charge in [-0.1, -0.05) is 12.1 Å². The third-order valence-corrected chi connectivity index (χ3v) is 4.11. The van der Waals surface area contributed by atoms with Crippen LogP contribution in [0.2, 0.25) is 0 Å². The highest BCUT2D eigenvalue weighted by Gasteiger charge is 2.14. The van der Waals surface area contributed by atoms with E-state index in [4.69, 9.17) is 0 Å². The molecule has 112 valence electrons. The van der Waals surface area contributed by atoms with E-state index in [1.165, 1.54) is 11.8 Å². The predicted molar refractivity (Wildman–Crippen MR) is 85.7 cm³/mol. The van der Waals surface area contributed by atoms with Crippen LogP contribution in [0.5, 0.6) is 0 Å². The molecule has 0 atom stereocenters. The number of rotatable bonds is 2. The Morgan fingerprint density at radius 3 is 2.73 bits per heavy atom. The van der Waals surface area contributed by atoms with E-state index in [0.717, 1.165) is 31.7 Å². The van der Waals surface area contributed by atoms with Crippen molar-refractivity contribution in [2.75, 3.05) is 31.1 Å². The van der Waals surface area contributed by atoms with E-state index in [1.54, 1.807) is 18.3 Å². The molecule has 3 heterocycles. The van der Waals surface area contributed by atoms with E-state index in [9.17, 15) is 4.39 Å². The third kappa shape index (κ3) is 2.23. The van der Waals surface area contributed by atoms with Crippen molar-refractivity contribution < 1.29 is 4.39 Å². The van der Waals surface area contributed by atoms with Crippen molar-refractivity contribution in [1.82, 2.24) is 14.7 Å². The molecular formula is C17H17FN4. The van der Waals surface area contributed by atoms with Gasteiger partial charge >= 0.3 is 0 Å². The zero-order valence-corrected chi connectivity index (χ0v) is 12.2.